The van der Waals surface area contributed by atoms with Crippen LogP contribution >= 0.6 is 15.9 Å². The van der Waals surface area contributed by atoms with Gasteiger partial charge >= 0.3 is 5.97 Å². The van der Waals surface area contributed by atoms with Crippen LogP contribution in [0.5, 0.6) is 0 Å². The SMILES string of the molecule is COC(=O)[C@@H](OC(C)(C)C)c1c(C)cc2nc(-c3cccc(Br)c3)cn2c1N1CCC(C)(C)CC1. The van der Waals surface area contributed by atoms with Crippen LogP contribution in [0.4, 0.5) is 5.82 Å². The number of imidazole rings is 1. The van der Waals surface area contributed by atoms with Crippen LogP contribution < -0.4 is 4.90 Å². The summed E-state index contributed by atoms with van der Waals surface area (Å²) in [5.74, 6) is 0.567. The molecule has 3 heterocycles. The van der Waals surface area contributed by atoms with E-state index < -0.39 is 17.7 Å². The van der Waals surface area contributed by atoms with Crippen LogP contribution in [0, 0.1) is 12.3 Å². The monoisotopic (exact) mass is 541 g/mol. The van der Waals surface area contributed by atoms with Crippen molar-refractivity contribution in [2.24, 2.45) is 5.41 Å². The number of aryl methyl sites for hydroxylation is 1. The van der Waals surface area contributed by atoms with E-state index in [1.807, 2.05) is 45.9 Å². The van der Waals surface area contributed by atoms with Gasteiger partial charge < -0.3 is 14.4 Å². The molecule has 188 valence electrons. The first kappa shape index (κ1) is 25.7. The number of methoxy groups -OCH3 is 1. The molecule has 0 unspecified atom stereocenters. The fourth-order valence-corrected chi connectivity index (χ4v) is 5.09. The molecule has 2 aromatic heterocycles. The van der Waals surface area contributed by atoms with Gasteiger partial charge in [0.2, 0.25) is 0 Å². The molecule has 0 radical (unpaired) electrons. The highest BCUT2D eigenvalue weighted by Gasteiger charge is 2.36. The summed E-state index contributed by atoms with van der Waals surface area (Å²) in [5, 5.41) is 0. The van der Waals surface area contributed by atoms with Gasteiger partial charge in [0, 0.05) is 34.9 Å². The maximum atomic E-state index is 13.1. The molecule has 1 aliphatic heterocycles. The van der Waals surface area contributed by atoms with E-state index in [4.69, 9.17) is 14.5 Å². The second kappa shape index (κ2) is 9.58. The Hall–Kier alpha value is -2.38. The molecule has 0 amide bonds. The smallest absolute Gasteiger partial charge is 0.339 e. The van der Waals surface area contributed by atoms with E-state index >= 15 is 0 Å². The number of fused-ring (bicyclic) bond motifs is 1. The van der Waals surface area contributed by atoms with Crippen molar-refractivity contribution in [2.75, 3.05) is 25.1 Å². The van der Waals surface area contributed by atoms with E-state index in [2.05, 4.69) is 57.4 Å². The average molecular weight is 543 g/mol. The number of ether oxygens (including phenoxy) is 2. The summed E-state index contributed by atoms with van der Waals surface area (Å²) in [4.78, 5) is 20.4. The van der Waals surface area contributed by atoms with Crippen molar-refractivity contribution in [3.8, 4) is 11.3 Å². The van der Waals surface area contributed by atoms with Gasteiger partial charge in [-0.05, 0) is 69.7 Å². The number of benzene rings is 1. The second-order valence-electron chi connectivity index (χ2n) is 11.2. The van der Waals surface area contributed by atoms with E-state index in [-0.39, 0.29) is 0 Å². The summed E-state index contributed by atoms with van der Waals surface area (Å²) in [6.45, 7) is 14.3. The Labute approximate surface area is 216 Å². The Kier molecular flexibility index (Phi) is 7.04. The third-order valence-electron chi connectivity index (χ3n) is 6.66. The highest BCUT2D eigenvalue weighted by atomic mass is 79.9. The molecule has 4 rings (SSSR count). The molecule has 1 aliphatic rings. The zero-order valence-electron chi connectivity index (χ0n) is 21.8. The first-order chi connectivity index (χ1) is 16.4. The number of anilines is 1. The van der Waals surface area contributed by atoms with Gasteiger partial charge in [0.1, 0.15) is 11.5 Å². The first-order valence-electron chi connectivity index (χ1n) is 12.2. The molecule has 0 aliphatic carbocycles. The van der Waals surface area contributed by atoms with E-state index in [0.717, 1.165) is 64.3 Å². The van der Waals surface area contributed by atoms with Crippen LogP contribution in [0.25, 0.3) is 16.9 Å². The molecule has 6 nitrogen and oxygen atoms in total. The maximum Gasteiger partial charge on any atom is 0.339 e. The molecular weight excluding hydrogens is 506 g/mol. The average Bonchev–Trinajstić information content (AvgIpc) is 3.19. The Bertz CT molecular complexity index is 1230. The number of pyridine rings is 1. The fraction of sp³-hybridized carbons (Fsp3) is 0.500. The third-order valence-corrected chi connectivity index (χ3v) is 7.15. The number of esters is 1. The number of rotatable bonds is 5. The van der Waals surface area contributed by atoms with Gasteiger partial charge in [-0.25, -0.2) is 9.78 Å². The van der Waals surface area contributed by atoms with Crippen LogP contribution in [0.2, 0.25) is 0 Å². The summed E-state index contributed by atoms with van der Waals surface area (Å²) < 4.78 is 14.7. The lowest BCUT2D eigenvalue weighted by Crippen LogP contribution is -2.40. The molecule has 0 spiro atoms. The standard InChI is InChI=1S/C28H36BrN3O3/c1-18-15-22-30-21(19-9-8-10-20(29)16-19)17-32(22)25(31-13-11-28(5,6)12-14-31)23(18)24(26(33)34-7)35-27(2,3)4/h8-10,15-17,24H,11-14H2,1-7H3/t24-/m0/s1. The van der Waals surface area contributed by atoms with Crippen molar-refractivity contribution in [3.63, 3.8) is 0 Å². The lowest BCUT2D eigenvalue weighted by atomic mass is 9.82. The van der Waals surface area contributed by atoms with Crippen molar-refractivity contribution >= 4 is 33.4 Å². The minimum absolute atomic E-state index is 0.291. The van der Waals surface area contributed by atoms with Crippen LogP contribution in [0.3, 0.4) is 0 Å². The van der Waals surface area contributed by atoms with Gasteiger partial charge in [0.05, 0.1) is 18.4 Å². The van der Waals surface area contributed by atoms with Gasteiger partial charge in [0.15, 0.2) is 6.10 Å². The molecule has 1 aromatic carbocycles. The Balaban J connectivity index is 1.95. The highest BCUT2D eigenvalue weighted by Crippen LogP contribution is 2.40. The predicted molar refractivity (Wildman–Crippen MR) is 144 cm³/mol. The topological polar surface area (TPSA) is 56.1 Å². The Morgan fingerprint density at radius 2 is 1.86 bits per heavy atom. The molecule has 7 heteroatoms. The van der Waals surface area contributed by atoms with Crippen LogP contribution in [0.1, 0.15) is 64.7 Å². The second-order valence-corrected chi connectivity index (χ2v) is 12.1. The molecule has 1 saturated heterocycles. The van der Waals surface area contributed by atoms with Crippen LogP contribution in [0.15, 0.2) is 41.0 Å². The van der Waals surface area contributed by atoms with E-state index in [0.29, 0.717) is 5.41 Å². The molecule has 0 N–H and O–H groups in total. The van der Waals surface area contributed by atoms with Gasteiger partial charge in [-0.15, -0.1) is 0 Å². The summed E-state index contributed by atoms with van der Waals surface area (Å²) >= 11 is 3.57. The molecule has 3 aromatic rings. The zero-order valence-corrected chi connectivity index (χ0v) is 23.4. The van der Waals surface area contributed by atoms with Gasteiger partial charge in [-0.1, -0.05) is 41.9 Å². The number of halogens is 1. The van der Waals surface area contributed by atoms with Gasteiger partial charge in [-0.3, -0.25) is 4.40 Å². The summed E-state index contributed by atoms with van der Waals surface area (Å²) in [5.41, 5.74) is 4.33. The van der Waals surface area contributed by atoms with Crippen molar-refractivity contribution in [1.29, 1.82) is 0 Å². The normalized spacial score (nSPS) is 17.0. The number of carbonyl (C=O) groups excluding carboxylic acids is 1. The number of aromatic nitrogens is 2. The first-order valence-corrected chi connectivity index (χ1v) is 13.0. The quantitative estimate of drug-likeness (QED) is 0.335. The Morgan fingerprint density at radius 3 is 2.46 bits per heavy atom. The molecule has 0 bridgehead atoms. The molecule has 35 heavy (non-hydrogen) atoms. The van der Waals surface area contributed by atoms with Crippen molar-refractivity contribution in [2.45, 2.75) is 66.1 Å². The number of piperidine rings is 1. The largest absolute Gasteiger partial charge is 0.467 e. The number of hydrogen-bond acceptors (Lipinski definition) is 5. The van der Waals surface area contributed by atoms with Crippen molar-refractivity contribution in [1.82, 2.24) is 9.38 Å². The highest BCUT2D eigenvalue weighted by molar-refractivity contribution is 9.10. The summed E-state index contributed by atoms with van der Waals surface area (Å²) in [7, 11) is 1.42. The maximum absolute atomic E-state index is 13.1. The Morgan fingerprint density at radius 1 is 1.17 bits per heavy atom. The van der Waals surface area contributed by atoms with E-state index in [1.165, 1.54) is 7.11 Å². The predicted octanol–water partition coefficient (Wildman–Crippen LogP) is 6.73. The summed E-state index contributed by atoms with van der Waals surface area (Å²) in [6, 6.07) is 10.2. The fourth-order valence-electron chi connectivity index (χ4n) is 4.69. The number of nitrogens with zero attached hydrogens (tertiary/aromatic N) is 3. The lowest BCUT2D eigenvalue weighted by Gasteiger charge is -2.40. The zero-order chi connectivity index (χ0) is 25.5. The lowest BCUT2D eigenvalue weighted by molar-refractivity contribution is -0.164. The van der Waals surface area contributed by atoms with Crippen LogP contribution in [-0.2, 0) is 14.3 Å². The molecule has 0 saturated carbocycles. The van der Waals surface area contributed by atoms with E-state index in [1.54, 1.807) is 0 Å². The van der Waals surface area contributed by atoms with Gasteiger partial charge in [-0.2, -0.15) is 0 Å². The van der Waals surface area contributed by atoms with E-state index in [9.17, 15) is 4.79 Å². The molecule has 1 atom stereocenters. The van der Waals surface area contributed by atoms with Gasteiger partial charge in [0.25, 0.3) is 0 Å². The molecular formula is C28H36BrN3O3. The minimum atomic E-state index is -0.842. The van der Waals surface area contributed by atoms with Crippen molar-refractivity contribution < 1.29 is 14.3 Å². The number of hydrogen-bond donors (Lipinski definition) is 0. The molecule has 1 fully saturated rings. The van der Waals surface area contributed by atoms with Crippen LogP contribution in [-0.4, -0.2) is 41.2 Å². The third kappa shape index (κ3) is 5.56. The van der Waals surface area contributed by atoms with Crippen molar-refractivity contribution in [3.05, 3.63) is 52.1 Å². The summed E-state index contributed by atoms with van der Waals surface area (Å²) in [6.07, 6.45) is 3.36. The minimum Gasteiger partial charge on any atom is -0.467 e. The number of carbonyl (C=O) groups is 1.